The Morgan fingerprint density at radius 3 is 2.29 bits per heavy atom. The Balaban J connectivity index is 2.06. The Hall–Kier alpha value is -0.0400. The predicted molar refractivity (Wildman–Crippen MR) is 63.6 cm³/mol. The van der Waals surface area contributed by atoms with Crippen LogP contribution in [0.15, 0.2) is 0 Å². The van der Waals surface area contributed by atoms with E-state index in [9.17, 15) is 0 Å². The molecule has 1 rings (SSSR count). The fourth-order valence-corrected chi connectivity index (χ4v) is 2.45. The number of hydrogen-bond acceptors (Lipinski definition) is 1. The van der Waals surface area contributed by atoms with Crippen molar-refractivity contribution in [2.75, 3.05) is 7.05 Å². The Morgan fingerprint density at radius 1 is 1.14 bits per heavy atom. The van der Waals surface area contributed by atoms with Crippen molar-refractivity contribution in [2.45, 2.75) is 71.3 Å². The summed E-state index contributed by atoms with van der Waals surface area (Å²) in [6, 6.07) is 0.730. The third-order valence-corrected chi connectivity index (χ3v) is 4.02. The molecule has 0 aromatic rings. The molecule has 0 aromatic heterocycles. The molecule has 0 bridgehead atoms. The number of nitrogens with one attached hydrogen (secondary N) is 1. The second kappa shape index (κ2) is 5.75. The van der Waals surface area contributed by atoms with Crippen LogP contribution in [-0.2, 0) is 0 Å². The zero-order chi connectivity index (χ0) is 10.4. The van der Waals surface area contributed by atoms with Gasteiger partial charge in [-0.1, -0.05) is 39.0 Å². The maximum Gasteiger partial charge on any atom is 0.00921 e. The van der Waals surface area contributed by atoms with Crippen LogP contribution in [0.2, 0.25) is 0 Å². The van der Waals surface area contributed by atoms with Crippen LogP contribution in [0.1, 0.15) is 65.2 Å². The zero-order valence-electron chi connectivity index (χ0n) is 10.2. The molecule has 0 aromatic carbocycles. The first kappa shape index (κ1) is 12.0. The molecule has 1 saturated carbocycles. The minimum atomic E-state index is 0.695. The van der Waals surface area contributed by atoms with Crippen molar-refractivity contribution in [3.63, 3.8) is 0 Å². The molecular weight excluding hydrogens is 170 g/mol. The summed E-state index contributed by atoms with van der Waals surface area (Å²) in [6.07, 6.45) is 11.5. The van der Waals surface area contributed by atoms with Crippen LogP contribution in [0.4, 0.5) is 0 Å². The second-order valence-electron chi connectivity index (χ2n) is 5.04. The molecule has 1 fully saturated rings. The third-order valence-electron chi connectivity index (χ3n) is 4.02. The van der Waals surface area contributed by atoms with Crippen LogP contribution in [0.3, 0.4) is 0 Å². The molecule has 1 heteroatoms. The summed E-state index contributed by atoms with van der Waals surface area (Å²) in [4.78, 5) is 0. The molecule has 84 valence electrons. The van der Waals surface area contributed by atoms with E-state index in [1.165, 1.54) is 51.4 Å². The van der Waals surface area contributed by atoms with Gasteiger partial charge in [0.25, 0.3) is 0 Å². The summed E-state index contributed by atoms with van der Waals surface area (Å²) in [5.74, 6) is 0. The molecule has 0 spiro atoms. The van der Waals surface area contributed by atoms with E-state index in [4.69, 9.17) is 0 Å². The van der Waals surface area contributed by atoms with Gasteiger partial charge in [-0.25, -0.2) is 0 Å². The van der Waals surface area contributed by atoms with E-state index in [1.807, 2.05) is 0 Å². The van der Waals surface area contributed by atoms with Crippen LogP contribution >= 0.6 is 0 Å². The Kier molecular flexibility index (Phi) is 4.94. The monoisotopic (exact) mass is 197 g/mol. The van der Waals surface area contributed by atoms with Gasteiger partial charge >= 0.3 is 0 Å². The topological polar surface area (TPSA) is 12.0 Å². The van der Waals surface area contributed by atoms with Crippen LogP contribution in [0.25, 0.3) is 0 Å². The lowest BCUT2D eigenvalue weighted by Gasteiger charge is -2.22. The first-order valence-electron chi connectivity index (χ1n) is 6.42. The molecule has 1 unspecified atom stereocenters. The maximum atomic E-state index is 3.42. The molecule has 0 aliphatic heterocycles. The van der Waals surface area contributed by atoms with E-state index < -0.39 is 0 Å². The summed E-state index contributed by atoms with van der Waals surface area (Å²) in [5, 5.41) is 3.42. The van der Waals surface area contributed by atoms with Gasteiger partial charge in [0.05, 0.1) is 0 Å². The molecule has 1 nitrogen and oxygen atoms in total. The van der Waals surface area contributed by atoms with Gasteiger partial charge in [0.15, 0.2) is 0 Å². The molecule has 0 saturated heterocycles. The Morgan fingerprint density at radius 2 is 1.79 bits per heavy atom. The van der Waals surface area contributed by atoms with Crippen molar-refractivity contribution in [1.29, 1.82) is 0 Å². The van der Waals surface area contributed by atoms with Crippen molar-refractivity contribution >= 4 is 0 Å². The van der Waals surface area contributed by atoms with Crippen LogP contribution in [-0.4, -0.2) is 13.1 Å². The lowest BCUT2D eigenvalue weighted by atomic mass is 9.91. The second-order valence-corrected chi connectivity index (χ2v) is 5.04. The third kappa shape index (κ3) is 3.27. The number of unbranched alkanes of at least 4 members (excludes halogenated alkanes) is 4. The first-order valence-corrected chi connectivity index (χ1v) is 6.42. The van der Waals surface area contributed by atoms with Gasteiger partial charge in [-0.15, -0.1) is 0 Å². The fraction of sp³-hybridized carbons (Fsp3) is 1.00. The van der Waals surface area contributed by atoms with E-state index >= 15 is 0 Å². The normalized spacial score (nSPS) is 20.8. The molecule has 0 amide bonds. The van der Waals surface area contributed by atoms with Gasteiger partial charge in [0, 0.05) is 6.04 Å². The quantitative estimate of drug-likeness (QED) is 0.585. The molecule has 1 atom stereocenters. The van der Waals surface area contributed by atoms with E-state index in [0.717, 1.165) is 6.04 Å². The van der Waals surface area contributed by atoms with Crippen molar-refractivity contribution in [3.05, 3.63) is 0 Å². The van der Waals surface area contributed by atoms with Crippen LogP contribution < -0.4 is 5.32 Å². The van der Waals surface area contributed by atoms with Crippen molar-refractivity contribution in [1.82, 2.24) is 5.32 Å². The summed E-state index contributed by atoms with van der Waals surface area (Å²) >= 11 is 0. The van der Waals surface area contributed by atoms with Gasteiger partial charge in [-0.05, 0) is 38.6 Å². The average molecular weight is 197 g/mol. The molecule has 0 heterocycles. The molecule has 0 radical (unpaired) electrons. The number of rotatable bonds is 8. The summed E-state index contributed by atoms with van der Waals surface area (Å²) < 4.78 is 0. The summed E-state index contributed by atoms with van der Waals surface area (Å²) in [6.45, 7) is 4.63. The highest BCUT2D eigenvalue weighted by Crippen LogP contribution is 2.52. The van der Waals surface area contributed by atoms with Gasteiger partial charge in [0.1, 0.15) is 0 Å². The molecule has 1 aliphatic rings. The van der Waals surface area contributed by atoms with E-state index in [-0.39, 0.29) is 0 Å². The molecular formula is C13H27N. The lowest BCUT2D eigenvalue weighted by molar-refractivity contribution is 0.333. The largest absolute Gasteiger partial charge is 0.317 e. The fourth-order valence-electron chi connectivity index (χ4n) is 2.45. The lowest BCUT2D eigenvalue weighted by Crippen LogP contribution is -2.31. The Bertz CT molecular complexity index is 149. The SMILES string of the molecule is CCCCCCCC1(C(C)NC)CC1. The van der Waals surface area contributed by atoms with Gasteiger partial charge < -0.3 is 5.32 Å². The van der Waals surface area contributed by atoms with Crippen molar-refractivity contribution < 1.29 is 0 Å². The first-order chi connectivity index (χ1) is 6.75. The molecule has 1 aliphatic carbocycles. The minimum absolute atomic E-state index is 0.695. The van der Waals surface area contributed by atoms with Crippen molar-refractivity contribution in [2.24, 2.45) is 5.41 Å². The van der Waals surface area contributed by atoms with E-state index in [2.05, 4.69) is 26.2 Å². The highest BCUT2D eigenvalue weighted by molar-refractivity contribution is 4.99. The zero-order valence-corrected chi connectivity index (χ0v) is 10.2. The minimum Gasteiger partial charge on any atom is -0.317 e. The summed E-state index contributed by atoms with van der Waals surface area (Å²) in [7, 11) is 2.10. The number of hydrogen-bond donors (Lipinski definition) is 1. The highest BCUT2D eigenvalue weighted by atomic mass is 14.9. The van der Waals surface area contributed by atoms with E-state index in [0.29, 0.717) is 5.41 Å². The maximum absolute atomic E-state index is 3.42. The van der Waals surface area contributed by atoms with Crippen LogP contribution in [0, 0.1) is 5.41 Å². The average Bonchev–Trinajstić information content (AvgIpc) is 2.98. The van der Waals surface area contributed by atoms with Crippen molar-refractivity contribution in [3.8, 4) is 0 Å². The van der Waals surface area contributed by atoms with Gasteiger partial charge in [-0.2, -0.15) is 0 Å². The molecule has 1 N–H and O–H groups in total. The van der Waals surface area contributed by atoms with Crippen LogP contribution in [0.5, 0.6) is 0 Å². The molecule has 14 heavy (non-hydrogen) atoms. The summed E-state index contributed by atoms with van der Waals surface area (Å²) in [5.41, 5.74) is 0.695. The van der Waals surface area contributed by atoms with Gasteiger partial charge in [-0.3, -0.25) is 0 Å². The smallest absolute Gasteiger partial charge is 0.00921 e. The highest BCUT2D eigenvalue weighted by Gasteiger charge is 2.45. The Labute approximate surface area is 89.7 Å². The van der Waals surface area contributed by atoms with Gasteiger partial charge in [0.2, 0.25) is 0 Å². The predicted octanol–water partition coefficient (Wildman–Crippen LogP) is 3.74. The van der Waals surface area contributed by atoms with E-state index in [1.54, 1.807) is 0 Å². The standard InChI is InChI=1S/C13H27N/c1-4-5-6-7-8-9-13(10-11-13)12(2)14-3/h12,14H,4-11H2,1-3H3.